The smallest absolute Gasteiger partial charge is 0.271 e. The Kier molecular flexibility index (Phi) is 5.92. The largest absolute Gasteiger partial charge is 0.349 e. The van der Waals surface area contributed by atoms with Crippen molar-refractivity contribution in [3.63, 3.8) is 0 Å². The molecule has 0 aliphatic rings. The summed E-state index contributed by atoms with van der Waals surface area (Å²) in [7, 11) is 0. The summed E-state index contributed by atoms with van der Waals surface area (Å²) in [5, 5.41) is 2.72. The van der Waals surface area contributed by atoms with Crippen LogP contribution in [-0.4, -0.2) is 23.0 Å². The quantitative estimate of drug-likeness (QED) is 0.893. The molecule has 0 bridgehead atoms. The maximum atomic E-state index is 11.7. The van der Waals surface area contributed by atoms with Crippen molar-refractivity contribution in [2.24, 2.45) is 5.73 Å². The number of hydrogen-bond donors (Lipinski definition) is 2. The number of carbonyl (C=O) groups is 1. The summed E-state index contributed by atoms with van der Waals surface area (Å²) in [6, 6.07) is 3.53. The van der Waals surface area contributed by atoms with Gasteiger partial charge in [-0.3, -0.25) is 4.79 Å². The summed E-state index contributed by atoms with van der Waals surface area (Å²) in [6.07, 6.45) is 1.58. The molecule has 0 aromatic carbocycles. The Labute approximate surface area is 110 Å². The zero-order valence-corrected chi connectivity index (χ0v) is 11.6. The second-order valence-electron chi connectivity index (χ2n) is 4.01. The van der Waals surface area contributed by atoms with Gasteiger partial charge in [0.1, 0.15) is 5.69 Å². The molecule has 0 aliphatic carbocycles. The maximum Gasteiger partial charge on any atom is 0.271 e. The second kappa shape index (κ2) is 6.18. The molecule has 3 N–H and O–H groups in total. The zero-order chi connectivity index (χ0) is 11.5. The van der Waals surface area contributed by atoms with Crippen LogP contribution in [0.25, 0.3) is 0 Å². The van der Waals surface area contributed by atoms with Crippen LogP contribution in [0.4, 0.5) is 0 Å². The van der Waals surface area contributed by atoms with Crippen molar-refractivity contribution in [1.82, 2.24) is 10.3 Å². The van der Waals surface area contributed by atoms with Crippen molar-refractivity contribution in [2.75, 3.05) is 6.54 Å². The van der Waals surface area contributed by atoms with Gasteiger partial charge in [-0.1, -0.05) is 0 Å². The first-order valence-corrected chi connectivity index (χ1v) is 5.37. The highest BCUT2D eigenvalue weighted by Crippen LogP contribution is 2.12. The lowest BCUT2D eigenvalue weighted by molar-refractivity contribution is 0.0940. The van der Waals surface area contributed by atoms with E-state index >= 15 is 0 Å². The fraction of sp³-hybridized carbons (Fsp3) is 0.400. The lowest BCUT2D eigenvalue weighted by Crippen LogP contribution is -2.45. The molecular formula is C10H15BrClN3O. The van der Waals surface area contributed by atoms with Crippen molar-refractivity contribution in [3.8, 4) is 0 Å². The van der Waals surface area contributed by atoms with Crippen molar-refractivity contribution in [2.45, 2.75) is 19.4 Å². The number of nitrogens with zero attached hydrogens (tertiary/aromatic N) is 1. The van der Waals surface area contributed by atoms with Crippen LogP contribution < -0.4 is 11.1 Å². The van der Waals surface area contributed by atoms with Gasteiger partial charge < -0.3 is 11.1 Å². The third-order valence-corrected chi connectivity index (χ3v) is 2.32. The molecule has 1 aromatic rings. The first kappa shape index (κ1) is 15.3. The molecular weight excluding hydrogens is 293 g/mol. The maximum absolute atomic E-state index is 11.7. The van der Waals surface area contributed by atoms with Gasteiger partial charge in [0, 0.05) is 22.8 Å². The van der Waals surface area contributed by atoms with Crippen LogP contribution in [0, 0.1) is 0 Å². The number of halogens is 2. The van der Waals surface area contributed by atoms with Gasteiger partial charge in [-0.05, 0) is 41.9 Å². The fourth-order valence-electron chi connectivity index (χ4n) is 0.945. The SMILES string of the molecule is CC(C)(N)CNC(=O)c1ncccc1Br.Cl. The summed E-state index contributed by atoms with van der Waals surface area (Å²) in [6.45, 7) is 4.11. The highest BCUT2D eigenvalue weighted by molar-refractivity contribution is 9.10. The Hall–Kier alpha value is -0.650. The minimum Gasteiger partial charge on any atom is -0.349 e. The molecule has 4 nitrogen and oxygen atoms in total. The summed E-state index contributed by atoms with van der Waals surface area (Å²) < 4.78 is 0.678. The highest BCUT2D eigenvalue weighted by atomic mass is 79.9. The van der Waals surface area contributed by atoms with Crippen molar-refractivity contribution < 1.29 is 4.79 Å². The van der Waals surface area contributed by atoms with Crippen LogP contribution in [0.2, 0.25) is 0 Å². The minimum absolute atomic E-state index is 0. The Morgan fingerprint density at radius 3 is 2.75 bits per heavy atom. The molecule has 0 radical (unpaired) electrons. The normalized spacial score (nSPS) is 10.5. The molecule has 1 heterocycles. The number of rotatable bonds is 3. The number of nitrogens with two attached hydrogens (primary N) is 1. The van der Waals surface area contributed by atoms with E-state index < -0.39 is 5.54 Å². The van der Waals surface area contributed by atoms with Gasteiger partial charge in [-0.25, -0.2) is 4.98 Å². The van der Waals surface area contributed by atoms with E-state index in [1.165, 1.54) is 0 Å². The van der Waals surface area contributed by atoms with Gasteiger partial charge in [0.25, 0.3) is 5.91 Å². The molecule has 16 heavy (non-hydrogen) atoms. The van der Waals surface area contributed by atoms with E-state index in [0.29, 0.717) is 16.7 Å². The van der Waals surface area contributed by atoms with Crippen molar-refractivity contribution in [3.05, 3.63) is 28.5 Å². The van der Waals surface area contributed by atoms with Gasteiger partial charge in [-0.15, -0.1) is 12.4 Å². The molecule has 0 fully saturated rings. The van der Waals surface area contributed by atoms with Crippen LogP contribution in [0.1, 0.15) is 24.3 Å². The van der Waals surface area contributed by atoms with Crippen LogP contribution in [0.3, 0.4) is 0 Å². The van der Waals surface area contributed by atoms with E-state index in [1.807, 2.05) is 13.8 Å². The lowest BCUT2D eigenvalue weighted by Gasteiger charge is -2.18. The van der Waals surface area contributed by atoms with Crippen LogP contribution in [-0.2, 0) is 0 Å². The van der Waals surface area contributed by atoms with E-state index in [9.17, 15) is 4.79 Å². The number of pyridine rings is 1. The summed E-state index contributed by atoms with van der Waals surface area (Å²) in [5.74, 6) is -0.221. The molecule has 0 saturated carbocycles. The average Bonchev–Trinajstić information content (AvgIpc) is 2.14. The van der Waals surface area contributed by atoms with Crippen LogP contribution in [0.5, 0.6) is 0 Å². The predicted octanol–water partition coefficient (Wildman–Crippen LogP) is 1.73. The molecule has 0 atom stereocenters. The van der Waals surface area contributed by atoms with E-state index in [2.05, 4.69) is 26.2 Å². The van der Waals surface area contributed by atoms with Gasteiger partial charge in [0.05, 0.1) is 0 Å². The Morgan fingerprint density at radius 2 is 2.25 bits per heavy atom. The Balaban J connectivity index is 0.00000225. The summed E-state index contributed by atoms with van der Waals surface area (Å²) in [5.41, 5.74) is 5.71. The third-order valence-electron chi connectivity index (χ3n) is 1.68. The number of aromatic nitrogens is 1. The minimum atomic E-state index is -0.420. The molecule has 1 rings (SSSR count). The predicted molar refractivity (Wildman–Crippen MR) is 69.8 cm³/mol. The summed E-state index contributed by atoms with van der Waals surface area (Å²) in [4.78, 5) is 15.6. The second-order valence-corrected chi connectivity index (χ2v) is 4.86. The highest BCUT2D eigenvalue weighted by Gasteiger charge is 2.15. The number of nitrogens with one attached hydrogen (secondary N) is 1. The van der Waals surface area contributed by atoms with E-state index in [-0.39, 0.29) is 18.3 Å². The van der Waals surface area contributed by atoms with E-state index in [0.717, 1.165) is 0 Å². The number of amides is 1. The average molecular weight is 309 g/mol. The molecule has 0 unspecified atom stereocenters. The molecule has 1 aromatic heterocycles. The van der Waals surface area contributed by atoms with Gasteiger partial charge >= 0.3 is 0 Å². The Morgan fingerprint density at radius 1 is 1.62 bits per heavy atom. The van der Waals surface area contributed by atoms with Gasteiger partial charge in [-0.2, -0.15) is 0 Å². The standard InChI is InChI=1S/C10H14BrN3O.ClH/c1-10(2,12)6-14-9(15)8-7(11)4-3-5-13-8;/h3-5H,6,12H2,1-2H3,(H,14,15);1H. The molecule has 0 saturated heterocycles. The van der Waals surface area contributed by atoms with Crippen LogP contribution >= 0.6 is 28.3 Å². The van der Waals surface area contributed by atoms with Crippen LogP contribution in [0.15, 0.2) is 22.8 Å². The van der Waals surface area contributed by atoms with Gasteiger partial charge in [0.15, 0.2) is 0 Å². The van der Waals surface area contributed by atoms with E-state index in [1.54, 1.807) is 18.3 Å². The van der Waals surface area contributed by atoms with Crippen molar-refractivity contribution in [1.29, 1.82) is 0 Å². The third kappa shape index (κ3) is 4.92. The topological polar surface area (TPSA) is 68.0 Å². The Bertz CT molecular complexity index is 365. The lowest BCUT2D eigenvalue weighted by atomic mass is 10.1. The first-order chi connectivity index (χ1) is 6.90. The van der Waals surface area contributed by atoms with Crippen molar-refractivity contribution >= 4 is 34.2 Å². The number of carbonyl (C=O) groups excluding carboxylic acids is 1. The first-order valence-electron chi connectivity index (χ1n) is 4.58. The zero-order valence-electron chi connectivity index (χ0n) is 9.16. The molecule has 1 amide bonds. The molecule has 0 spiro atoms. The summed E-state index contributed by atoms with van der Waals surface area (Å²) >= 11 is 3.26. The van der Waals surface area contributed by atoms with E-state index in [4.69, 9.17) is 5.73 Å². The number of hydrogen-bond acceptors (Lipinski definition) is 3. The monoisotopic (exact) mass is 307 g/mol. The molecule has 90 valence electrons. The fourth-order valence-corrected chi connectivity index (χ4v) is 1.38. The molecule has 6 heteroatoms. The van der Waals surface area contributed by atoms with Gasteiger partial charge in [0.2, 0.25) is 0 Å². The molecule has 0 aliphatic heterocycles.